The number of amides is 2. The Morgan fingerprint density at radius 1 is 0.839 bits per heavy atom. The van der Waals surface area contributed by atoms with E-state index in [4.69, 9.17) is 0 Å². The minimum atomic E-state index is -3.48. The maximum atomic E-state index is 12.8. The van der Waals surface area contributed by atoms with Crippen LogP contribution in [0.15, 0.2) is 72.8 Å². The average Bonchev–Trinajstić information content (AvgIpc) is 2.73. The first kappa shape index (κ1) is 22.0. The van der Waals surface area contributed by atoms with Crippen LogP contribution in [0.4, 0.5) is 11.4 Å². The van der Waals surface area contributed by atoms with Gasteiger partial charge in [0.2, 0.25) is 10.0 Å². The van der Waals surface area contributed by atoms with Crippen LogP contribution in [0.25, 0.3) is 0 Å². The Balaban J connectivity index is 1.76. The summed E-state index contributed by atoms with van der Waals surface area (Å²) in [4.78, 5) is 25.5. The van der Waals surface area contributed by atoms with E-state index in [-0.39, 0.29) is 11.5 Å². The molecule has 8 heteroatoms. The molecule has 7 nitrogen and oxygen atoms in total. The first-order valence-corrected chi connectivity index (χ1v) is 11.4. The van der Waals surface area contributed by atoms with Crippen molar-refractivity contribution >= 4 is 33.2 Å². The van der Waals surface area contributed by atoms with Gasteiger partial charge in [-0.2, -0.15) is 0 Å². The minimum Gasteiger partial charge on any atom is -0.348 e. The summed E-state index contributed by atoms with van der Waals surface area (Å²) in [6.07, 6.45) is 1.05. The zero-order chi connectivity index (χ0) is 22.4. The Labute approximate surface area is 181 Å². The van der Waals surface area contributed by atoms with Crippen LogP contribution in [-0.4, -0.2) is 26.5 Å². The maximum Gasteiger partial charge on any atom is 0.255 e. The number of rotatable bonds is 7. The number of anilines is 2. The molecule has 3 N–H and O–H groups in total. The molecule has 0 bridgehead atoms. The van der Waals surface area contributed by atoms with Crippen molar-refractivity contribution in [3.8, 4) is 0 Å². The molecule has 0 aliphatic carbocycles. The van der Waals surface area contributed by atoms with Gasteiger partial charge in [0.15, 0.2) is 0 Å². The Kier molecular flexibility index (Phi) is 6.71. The number of hydrogen-bond acceptors (Lipinski definition) is 4. The SMILES string of the molecule is Cc1ccc(C(=O)Nc2ccccc2C(=O)NCc2ccccc2)cc1NS(C)(=O)=O. The third-order valence-electron chi connectivity index (χ3n) is 4.51. The summed E-state index contributed by atoms with van der Waals surface area (Å²) < 4.78 is 25.5. The molecule has 0 radical (unpaired) electrons. The molecule has 3 aromatic rings. The van der Waals surface area contributed by atoms with Gasteiger partial charge in [-0.3, -0.25) is 14.3 Å². The lowest BCUT2D eigenvalue weighted by molar-refractivity contribution is 0.0951. The summed E-state index contributed by atoms with van der Waals surface area (Å²) in [5.41, 5.74) is 2.91. The van der Waals surface area contributed by atoms with Crippen LogP contribution in [0.5, 0.6) is 0 Å². The number of benzene rings is 3. The number of hydrogen-bond donors (Lipinski definition) is 3. The first-order chi connectivity index (χ1) is 14.7. The van der Waals surface area contributed by atoms with E-state index < -0.39 is 15.9 Å². The van der Waals surface area contributed by atoms with Crippen molar-refractivity contribution in [3.05, 3.63) is 95.1 Å². The van der Waals surface area contributed by atoms with Crippen molar-refractivity contribution in [3.63, 3.8) is 0 Å². The third-order valence-corrected chi connectivity index (χ3v) is 5.10. The summed E-state index contributed by atoms with van der Waals surface area (Å²) in [6, 6.07) is 20.9. The van der Waals surface area contributed by atoms with Crippen molar-refractivity contribution in [2.75, 3.05) is 16.3 Å². The molecule has 0 aliphatic heterocycles. The standard InChI is InChI=1S/C23H23N3O4S/c1-16-12-13-18(14-21(16)26-31(2,29)30)22(27)25-20-11-7-6-10-19(20)23(28)24-15-17-8-4-3-5-9-17/h3-14,26H,15H2,1-2H3,(H,24,28)(H,25,27). The van der Waals surface area contributed by atoms with E-state index in [0.29, 0.717) is 29.0 Å². The maximum absolute atomic E-state index is 12.8. The number of para-hydroxylation sites is 1. The van der Waals surface area contributed by atoms with Crippen LogP contribution in [0.3, 0.4) is 0 Å². The minimum absolute atomic E-state index is 0.260. The molecule has 0 saturated heterocycles. The zero-order valence-electron chi connectivity index (χ0n) is 17.2. The Morgan fingerprint density at radius 2 is 1.52 bits per heavy atom. The third kappa shape index (κ3) is 6.16. The van der Waals surface area contributed by atoms with Crippen LogP contribution in [-0.2, 0) is 16.6 Å². The van der Waals surface area contributed by atoms with Crippen molar-refractivity contribution in [1.82, 2.24) is 5.32 Å². The van der Waals surface area contributed by atoms with Gasteiger partial charge in [-0.1, -0.05) is 48.5 Å². The van der Waals surface area contributed by atoms with E-state index in [1.54, 1.807) is 43.3 Å². The molecule has 0 spiro atoms. The molecular weight excluding hydrogens is 414 g/mol. The van der Waals surface area contributed by atoms with Gasteiger partial charge in [0, 0.05) is 12.1 Å². The summed E-state index contributed by atoms with van der Waals surface area (Å²) in [5, 5.41) is 5.58. The van der Waals surface area contributed by atoms with Crippen molar-refractivity contribution in [2.24, 2.45) is 0 Å². The molecule has 0 heterocycles. The van der Waals surface area contributed by atoms with E-state index in [1.165, 1.54) is 6.07 Å². The molecule has 0 unspecified atom stereocenters. The predicted octanol–water partition coefficient (Wildman–Crippen LogP) is 3.55. The van der Waals surface area contributed by atoms with Crippen LogP contribution in [0.2, 0.25) is 0 Å². The lowest BCUT2D eigenvalue weighted by atomic mass is 10.1. The number of nitrogens with one attached hydrogen (secondary N) is 3. The van der Waals surface area contributed by atoms with Gasteiger partial charge >= 0.3 is 0 Å². The molecule has 0 aliphatic rings. The van der Waals surface area contributed by atoms with Gasteiger partial charge in [-0.25, -0.2) is 8.42 Å². The second-order valence-corrected chi connectivity index (χ2v) is 8.82. The summed E-state index contributed by atoms with van der Waals surface area (Å²) >= 11 is 0. The molecule has 0 aromatic heterocycles. The zero-order valence-corrected chi connectivity index (χ0v) is 18.0. The monoisotopic (exact) mass is 437 g/mol. The van der Waals surface area contributed by atoms with E-state index in [9.17, 15) is 18.0 Å². The molecular formula is C23H23N3O4S. The van der Waals surface area contributed by atoms with Gasteiger partial charge in [-0.15, -0.1) is 0 Å². The van der Waals surface area contributed by atoms with Crippen molar-refractivity contribution in [1.29, 1.82) is 0 Å². The number of carbonyl (C=O) groups is 2. The number of sulfonamides is 1. The van der Waals surface area contributed by atoms with Crippen molar-refractivity contribution < 1.29 is 18.0 Å². The van der Waals surface area contributed by atoms with E-state index in [1.807, 2.05) is 30.3 Å². The van der Waals surface area contributed by atoms with Gasteiger partial charge in [0.1, 0.15) is 0 Å². The molecule has 3 rings (SSSR count). The Hall–Kier alpha value is -3.65. The Morgan fingerprint density at radius 3 is 2.23 bits per heavy atom. The van der Waals surface area contributed by atoms with Crippen LogP contribution >= 0.6 is 0 Å². The Bertz CT molecular complexity index is 1210. The fourth-order valence-corrected chi connectivity index (χ4v) is 3.55. The quantitative estimate of drug-likeness (QED) is 0.526. The highest BCUT2D eigenvalue weighted by molar-refractivity contribution is 7.92. The van der Waals surface area contributed by atoms with Gasteiger partial charge in [0.25, 0.3) is 11.8 Å². The molecule has 0 fully saturated rings. The molecule has 0 atom stereocenters. The van der Waals surface area contributed by atoms with E-state index in [0.717, 1.165) is 11.8 Å². The lowest BCUT2D eigenvalue weighted by Crippen LogP contribution is -2.25. The normalized spacial score (nSPS) is 10.9. The van der Waals surface area contributed by atoms with E-state index in [2.05, 4.69) is 15.4 Å². The lowest BCUT2D eigenvalue weighted by Gasteiger charge is -2.13. The van der Waals surface area contributed by atoms with Crippen LogP contribution < -0.4 is 15.4 Å². The first-order valence-electron chi connectivity index (χ1n) is 9.54. The number of aryl methyl sites for hydroxylation is 1. The smallest absolute Gasteiger partial charge is 0.255 e. The van der Waals surface area contributed by atoms with Crippen molar-refractivity contribution in [2.45, 2.75) is 13.5 Å². The van der Waals surface area contributed by atoms with Gasteiger partial charge in [-0.05, 0) is 42.3 Å². The average molecular weight is 438 g/mol. The summed E-state index contributed by atoms with van der Waals surface area (Å²) in [7, 11) is -3.48. The highest BCUT2D eigenvalue weighted by Crippen LogP contribution is 2.21. The van der Waals surface area contributed by atoms with Gasteiger partial charge < -0.3 is 10.6 Å². The molecule has 0 saturated carbocycles. The van der Waals surface area contributed by atoms with Gasteiger partial charge in [0.05, 0.1) is 23.2 Å². The van der Waals surface area contributed by atoms with Crippen LogP contribution in [0.1, 0.15) is 31.8 Å². The number of carbonyl (C=O) groups excluding carboxylic acids is 2. The highest BCUT2D eigenvalue weighted by Gasteiger charge is 2.15. The molecule has 3 aromatic carbocycles. The molecule has 160 valence electrons. The summed E-state index contributed by atoms with van der Waals surface area (Å²) in [5.74, 6) is -0.775. The topological polar surface area (TPSA) is 104 Å². The van der Waals surface area contributed by atoms with E-state index >= 15 is 0 Å². The van der Waals surface area contributed by atoms with Crippen LogP contribution in [0, 0.1) is 6.92 Å². The molecule has 31 heavy (non-hydrogen) atoms. The second-order valence-electron chi connectivity index (χ2n) is 7.07. The fourth-order valence-electron chi connectivity index (χ4n) is 2.93. The predicted molar refractivity (Wildman–Crippen MR) is 122 cm³/mol. The summed E-state index contributed by atoms with van der Waals surface area (Å²) in [6.45, 7) is 2.10. The largest absolute Gasteiger partial charge is 0.348 e. The highest BCUT2D eigenvalue weighted by atomic mass is 32.2. The molecule has 2 amide bonds. The fraction of sp³-hybridized carbons (Fsp3) is 0.130. The second kappa shape index (κ2) is 9.44.